The van der Waals surface area contributed by atoms with Gasteiger partial charge in [-0.25, -0.2) is 9.97 Å². The highest BCUT2D eigenvalue weighted by Gasteiger charge is 2.33. The molecule has 1 aliphatic rings. The van der Waals surface area contributed by atoms with Crippen LogP contribution in [0.15, 0.2) is 0 Å². The number of aromatic nitrogens is 2. The fourth-order valence-corrected chi connectivity index (χ4v) is 3.34. The number of anilines is 1. The SMILES string of the molecule is Cc1nc(C)c(C(C)C)c(N2CCN(C(=O)C(C)(C)CCl)CC2)n1. The lowest BCUT2D eigenvalue weighted by Crippen LogP contribution is -2.53. The van der Waals surface area contributed by atoms with Crippen LogP contribution in [-0.2, 0) is 4.79 Å². The number of nitrogens with zero attached hydrogens (tertiary/aromatic N) is 4. The molecule has 0 aliphatic carbocycles. The number of halogens is 1. The maximum Gasteiger partial charge on any atom is 0.229 e. The Hall–Kier alpha value is -1.36. The minimum absolute atomic E-state index is 0.135. The molecule has 0 radical (unpaired) electrons. The summed E-state index contributed by atoms with van der Waals surface area (Å²) in [4.78, 5) is 26.0. The Balaban J connectivity index is 2.17. The zero-order valence-electron chi connectivity index (χ0n) is 15.7. The van der Waals surface area contributed by atoms with E-state index in [1.807, 2.05) is 25.7 Å². The van der Waals surface area contributed by atoms with Gasteiger partial charge >= 0.3 is 0 Å². The summed E-state index contributed by atoms with van der Waals surface area (Å²) in [5.74, 6) is 2.67. The van der Waals surface area contributed by atoms with Gasteiger partial charge in [-0.05, 0) is 33.6 Å². The van der Waals surface area contributed by atoms with Crippen molar-refractivity contribution in [2.75, 3.05) is 37.0 Å². The van der Waals surface area contributed by atoms with Crippen LogP contribution in [0.5, 0.6) is 0 Å². The molecular weight excluding hydrogens is 324 g/mol. The van der Waals surface area contributed by atoms with E-state index in [1.54, 1.807) is 0 Å². The number of amides is 1. The van der Waals surface area contributed by atoms with E-state index in [9.17, 15) is 4.79 Å². The van der Waals surface area contributed by atoms with E-state index in [2.05, 4.69) is 30.7 Å². The monoisotopic (exact) mass is 352 g/mol. The lowest BCUT2D eigenvalue weighted by atomic mass is 9.94. The molecule has 0 atom stereocenters. The summed E-state index contributed by atoms with van der Waals surface area (Å²) < 4.78 is 0. The molecule has 5 nitrogen and oxygen atoms in total. The fourth-order valence-electron chi connectivity index (χ4n) is 3.23. The highest BCUT2D eigenvalue weighted by molar-refractivity contribution is 6.19. The average molecular weight is 353 g/mol. The quantitative estimate of drug-likeness (QED) is 0.781. The molecule has 1 aromatic heterocycles. The van der Waals surface area contributed by atoms with E-state index in [0.29, 0.717) is 24.9 Å². The standard InChI is InChI=1S/C18H29ClN4O/c1-12(2)15-13(3)20-14(4)21-16(15)22-7-9-23(10-8-22)17(24)18(5,6)11-19/h12H,7-11H2,1-6H3. The Bertz CT molecular complexity index is 607. The molecular formula is C18H29ClN4O. The van der Waals surface area contributed by atoms with Gasteiger partial charge in [0.25, 0.3) is 0 Å². The first-order valence-electron chi connectivity index (χ1n) is 8.62. The number of piperazine rings is 1. The molecule has 0 aromatic carbocycles. The zero-order valence-corrected chi connectivity index (χ0v) is 16.4. The number of hydrogen-bond acceptors (Lipinski definition) is 4. The van der Waals surface area contributed by atoms with Crippen LogP contribution < -0.4 is 4.90 Å². The van der Waals surface area contributed by atoms with Crippen molar-refractivity contribution in [2.45, 2.75) is 47.5 Å². The maximum absolute atomic E-state index is 12.6. The second-order valence-corrected chi connectivity index (χ2v) is 7.81. The topological polar surface area (TPSA) is 49.3 Å². The molecule has 1 fully saturated rings. The number of carbonyl (C=O) groups excluding carboxylic acids is 1. The molecule has 0 spiro atoms. The third kappa shape index (κ3) is 3.82. The van der Waals surface area contributed by atoms with Crippen LogP contribution >= 0.6 is 11.6 Å². The summed E-state index contributed by atoms with van der Waals surface area (Å²) in [5.41, 5.74) is 1.75. The Labute approximate surface area is 150 Å². The molecule has 1 aliphatic heterocycles. The predicted molar refractivity (Wildman–Crippen MR) is 98.9 cm³/mol. The number of aryl methyl sites for hydroxylation is 2. The van der Waals surface area contributed by atoms with Crippen LogP contribution in [0, 0.1) is 19.3 Å². The van der Waals surface area contributed by atoms with Crippen LogP contribution in [0.1, 0.15) is 50.7 Å². The number of carbonyl (C=O) groups is 1. The minimum Gasteiger partial charge on any atom is -0.353 e. The Morgan fingerprint density at radius 3 is 2.25 bits per heavy atom. The van der Waals surface area contributed by atoms with Gasteiger partial charge in [-0.2, -0.15) is 0 Å². The Morgan fingerprint density at radius 2 is 1.75 bits per heavy atom. The largest absolute Gasteiger partial charge is 0.353 e. The van der Waals surface area contributed by atoms with Gasteiger partial charge < -0.3 is 9.80 Å². The van der Waals surface area contributed by atoms with E-state index in [4.69, 9.17) is 16.6 Å². The predicted octanol–water partition coefficient (Wildman–Crippen LogP) is 3.13. The number of rotatable bonds is 4. The minimum atomic E-state index is -0.505. The van der Waals surface area contributed by atoms with E-state index in [0.717, 1.165) is 30.4 Å². The van der Waals surface area contributed by atoms with Crippen molar-refractivity contribution in [2.24, 2.45) is 5.41 Å². The van der Waals surface area contributed by atoms with Crippen molar-refractivity contribution in [3.05, 3.63) is 17.1 Å². The lowest BCUT2D eigenvalue weighted by Gasteiger charge is -2.39. The van der Waals surface area contributed by atoms with Crippen molar-refractivity contribution < 1.29 is 4.79 Å². The first-order chi connectivity index (χ1) is 11.2. The zero-order chi connectivity index (χ0) is 18.1. The maximum atomic E-state index is 12.6. The highest BCUT2D eigenvalue weighted by atomic mass is 35.5. The molecule has 1 amide bonds. The molecule has 2 heterocycles. The van der Waals surface area contributed by atoms with E-state index >= 15 is 0 Å². The summed E-state index contributed by atoms with van der Waals surface area (Å²) in [6, 6.07) is 0. The lowest BCUT2D eigenvalue weighted by molar-refractivity contribution is -0.139. The van der Waals surface area contributed by atoms with Crippen molar-refractivity contribution in [3.8, 4) is 0 Å². The summed E-state index contributed by atoms with van der Waals surface area (Å²) in [6.07, 6.45) is 0. The van der Waals surface area contributed by atoms with Crippen LogP contribution in [-0.4, -0.2) is 52.8 Å². The first-order valence-corrected chi connectivity index (χ1v) is 9.16. The fraction of sp³-hybridized carbons (Fsp3) is 0.722. The molecule has 1 saturated heterocycles. The second kappa shape index (κ2) is 7.26. The van der Waals surface area contributed by atoms with Crippen LogP contribution in [0.4, 0.5) is 5.82 Å². The molecule has 0 unspecified atom stereocenters. The molecule has 134 valence electrons. The van der Waals surface area contributed by atoms with E-state index < -0.39 is 5.41 Å². The molecule has 2 rings (SSSR count). The van der Waals surface area contributed by atoms with Crippen molar-refractivity contribution in [1.82, 2.24) is 14.9 Å². The number of hydrogen-bond donors (Lipinski definition) is 0. The van der Waals surface area contributed by atoms with Gasteiger partial charge in [0.1, 0.15) is 11.6 Å². The van der Waals surface area contributed by atoms with Crippen LogP contribution in [0.2, 0.25) is 0 Å². The van der Waals surface area contributed by atoms with Gasteiger partial charge in [0.2, 0.25) is 5.91 Å². The second-order valence-electron chi connectivity index (χ2n) is 7.54. The summed E-state index contributed by atoms with van der Waals surface area (Å²) >= 11 is 5.95. The van der Waals surface area contributed by atoms with Gasteiger partial charge in [0.15, 0.2) is 0 Å². The van der Waals surface area contributed by atoms with Gasteiger partial charge in [-0.3, -0.25) is 4.79 Å². The Morgan fingerprint density at radius 1 is 1.17 bits per heavy atom. The normalized spacial score (nSPS) is 16.0. The summed E-state index contributed by atoms with van der Waals surface area (Å²) in [5, 5.41) is 0. The van der Waals surface area contributed by atoms with Crippen molar-refractivity contribution >= 4 is 23.3 Å². The van der Waals surface area contributed by atoms with E-state index in [-0.39, 0.29) is 5.91 Å². The van der Waals surface area contributed by atoms with Crippen LogP contribution in [0.3, 0.4) is 0 Å². The summed E-state index contributed by atoms with van der Waals surface area (Å²) in [6.45, 7) is 15.1. The molecule has 0 saturated carbocycles. The molecule has 0 N–H and O–H groups in total. The first kappa shape index (κ1) is 19.0. The van der Waals surface area contributed by atoms with Gasteiger partial charge in [-0.1, -0.05) is 13.8 Å². The van der Waals surface area contributed by atoms with Gasteiger partial charge in [0.05, 0.1) is 5.41 Å². The smallest absolute Gasteiger partial charge is 0.229 e. The van der Waals surface area contributed by atoms with E-state index in [1.165, 1.54) is 5.56 Å². The summed E-state index contributed by atoms with van der Waals surface area (Å²) in [7, 11) is 0. The third-order valence-electron chi connectivity index (χ3n) is 4.58. The molecule has 1 aromatic rings. The highest BCUT2D eigenvalue weighted by Crippen LogP contribution is 2.29. The van der Waals surface area contributed by atoms with Gasteiger partial charge in [0, 0.05) is 43.3 Å². The van der Waals surface area contributed by atoms with Crippen molar-refractivity contribution in [1.29, 1.82) is 0 Å². The third-order valence-corrected chi connectivity index (χ3v) is 5.25. The average Bonchev–Trinajstić information content (AvgIpc) is 2.53. The van der Waals surface area contributed by atoms with Gasteiger partial charge in [-0.15, -0.1) is 11.6 Å². The molecule has 24 heavy (non-hydrogen) atoms. The van der Waals surface area contributed by atoms with Crippen LogP contribution in [0.25, 0.3) is 0 Å². The molecule has 6 heteroatoms. The number of alkyl halides is 1. The Kier molecular flexibility index (Phi) is 5.74. The molecule has 0 bridgehead atoms. The van der Waals surface area contributed by atoms with Crippen molar-refractivity contribution in [3.63, 3.8) is 0 Å².